The first kappa shape index (κ1) is 26.6. The normalized spacial score (nSPS) is 11.6. The molecule has 0 aliphatic rings. The molecule has 184 valence electrons. The standard InChI is InChI=1S/C30H36N2O2S/c1-3-18-31-30(34)28(21-25-12-6-4-7-13-25)32(22-27-16-10-11-24(2)20-27)29(33)17-19-35-23-26-14-8-5-9-15-26/h4-16,20,28H,3,17-19,21-23H2,1-2H3,(H,31,34)/t28-/m0/s1. The molecule has 35 heavy (non-hydrogen) atoms. The van der Waals surface area contributed by atoms with E-state index >= 15 is 0 Å². The lowest BCUT2D eigenvalue weighted by molar-refractivity contribution is -0.141. The Hall–Kier alpha value is -3.05. The minimum Gasteiger partial charge on any atom is -0.354 e. The van der Waals surface area contributed by atoms with Crippen LogP contribution in [0.4, 0.5) is 0 Å². The van der Waals surface area contributed by atoms with E-state index in [2.05, 4.69) is 23.5 Å². The van der Waals surface area contributed by atoms with E-state index in [0.29, 0.717) is 31.7 Å². The molecule has 3 rings (SSSR count). The Kier molecular flexibility index (Phi) is 10.9. The second kappa shape index (κ2) is 14.4. The number of aryl methyl sites for hydroxylation is 1. The molecule has 5 heteroatoms. The van der Waals surface area contributed by atoms with Gasteiger partial charge in [0.2, 0.25) is 11.8 Å². The zero-order chi connectivity index (χ0) is 24.9. The van der Waals surface area contributed by atoms with Crippen LogP contribution in [0.2, 0.25) is 0 Å². The molecule has 1 atom stereocenters. The lowest BCUT2D eigenvalue weighted by Crippen LogP contribution is -2.50. The van der Waals surface area contributed by atoms with Crippen LogP contribution in [0, 0.1) is 6.92 Å². The summed E-state index contributed by atoms with van der Waals surface area (Å²) in [6.45, 7) is 5.10. The van der Waals surface area contributed by atoms with E-state index in [9.17, 15) is 9.59 Å². The highest BCUT2D eigenvalue weighted by molar-refractivity contribution is 7.98. The Morgan fingerprint density at radius 2 is 1.54 bits per heavy atom. The molecule has 0 aliphatic carbocycles. The van der Waals surface area contributed by atoms with Crippen LogP contribution in [-0.4, -0.2) is 35.1 Å². The first-order valence-electron chi connectivity index (χ1n) is 12.3. The van der Waals surface area contributed by atoms with Crippen molar-refractivity contribution in [2.45, 2.75) is 51.4 Å². The Labute approximate surface area is 214 Å². The molecule has 0 heterocycles. The summed E-state index contributed by atoms with van der Waals surface area (Å²) in [5, 5.41) is 3.04. The molecule has 0 unspecified atom stereocenters. The number of amides is 2. The number of thioether (sulfide) groups is 1. The van der Waals surface area contributed by atoms with Gasteiger partial charge in [-0.25, -0.2) is 0 Å². The summed E-state index contributed by atoms with van der Waals surface area (Å²) < 4.78 is 0. The van der Waals surface area contributed by atoms with Gasteiger partial charge in [-0.3, -0.25) is 9.59 Å². The average molecular weight is 489 g/mol. The highest BCUT2D eigenvalue weighted by Gasteiger charge is 2.30. The van der Waals surface area contributed by atoms with Crippen molar-refractivity contribution in [2.24, 2.45) is 0 Å². The zero-order valence-corrected chi connectivity index (χ0v) is 21.6. The van der Waals surface area contributed by atoms with E-state index in [1.165, 1.54) is 5.56 Å². The van der Waals surface area contributed by atoms with Gasteiger partial charge in [0.1, 0.15) is 6.04 Å². The molecule has 3 aromatic carbocycles. The predicted octanol–water partition coefficient (Wildman–Crippen LogP) is 5.78. The van der Waals surface area contributed by atoms with Crippen molar-refractivity contribution >= 4 is 23.6 Å². The second-order valence-corrected chi connectivity index (χ2v) is 9.90. The highest BCUT2D eigenvalue weighted by Crippen LogP contribution is 2.19. The number of nitrogens with zero attached hydrogens (tertiary/aromatic N) is 1. The second-order valence-electron chi connectivity index (χ2n) is 8.80. The van der Waals surface area contributed by atoms with Gasteiger partial charge in [0, 0.05) is 37.4 Å². The van der Waals surface area contributed by atoms with Crippen molar-refractivity contribution < 1.29 is 9.59 Å². The van der Waals surface area contributed by atoms with E-state index in [1.54, 1.807) is 16.7 Å². The molecule has 0 bridgehead atoms. The van der Waals surface area contributed by atoms with Gasteiger partial charge in [0.15, 0.2) is 0 Å². The van der Waals surface area contributed by atoms with E-state index in [-0.39, 0.29) is 11.8 Å². The fraction of sp³-hybridized carbons (Fsp3) is 0.333. The molecule has 3 aromatic rings. The van der Waals surface area contributed by atoms with Crippen LogP contribution in [0.1, 0.15) is 42.0 Å². The van der Waals surface area contributed by atoms with Crippen molar-refractivity contribution in [3.05, 3.63) is 107 Å². The molecule has 0 aromatic heterocycles. The molecular formula is C30H36N2O2S. The van der Waals surface area contributed by atoms with E-state index in [4.69, 9.17) is 0 Å². The topological polar surface area (TPSA) is 49.4 Å². The fourth-order valence-corrected chi connectivity index (χ4v) is 4.89. The molecule has 2 amide bonds. The minimum atomic E-state index is -0.559. The van der Waals surface area contributed by atoms with Crippen molar-refractivity contribution in [3.63, 3.8) is 0 Å². The van der Waals surface area contributed by atoms with Crippen LogP contribution in [0.3, 0.4) is 0 Å². The molecule has 1 N–H and O–H groups in total. The van der Waals surface area contributed by atoms with Crippen LogP contribution >= 0.6 is 11.8 Å². The summed E-state index contributed by atoms with van der Waals surface area (Å²) in [5.74, 6) is 1.51. The number of hydrogen-bond acceptors (Lipinski definition) is 3. The smallest absolute Gasteiger partial charge is 0.243 e. The number of rotatable bonds is 13. The number of nitrogens with one attached hydrogen (secondary N) is 1. The summed E-state index contributed by atoms with van der Waals surface area (Å²) in [7, 11) is 0. The van der Waals surface area contributed by atoms with Crippen molar-refractivity contribution in [2.75, 3.05) is 12.3 Å². The summed E-state index contributed by atoms with van der Waals surface area (Å²) in [5.41, 5.74) is 4.48. The van der Waals surface area contributed by atoms with Crippen LogP contribution < -0.4 is 5.32 Å². The number of benzene rings is 3. The molecule has 0 fully saturated rings. The lowest BCUT2D eigenvalue weighted by atomic mass is 10.0. The highest BCUT2D eigenvalue weighted by atomic mass is 32.2. The summed E-state index contributed by atoms with van der Waals surface area (Å²) in [6.07, 6.45) is 1.74. The van der Waals surface area contributed by atoms with Gasteiger partial charge in [-0.15, -0.1) is 0 Å². The third kappa shape index (κ3) is 8.91. The third-order valence-electron chi connectivity index (χ3n) is 5.83. The van der Waals surface area contributed by atoms with Gasteiger partial charge in [0.25, 0.3) is 0 Å². The van der Waals surface area contributed by atoms with Gasteiger partial charge in [-0.05, 0) is 30.0 Å². The van der Waals surface area contributed by atoms with Gasteiger partial charge in [-0.2, -0.15) is 11.8 Å². The lowest BCUT2D eigenvalue weighted by Gasteiger charge is -2.31. The molecule has 4 nitrogen and oxygen atoms in total. The Morgan fingerprint density at radius 3 is 2.20 bits per heavy atom. The monoisotopic (exact) mass is 488 g/mol. The van der Waals surface area contributed by atoms with Gasteiger partial charge in [0.05, 0.1) is 0 Å². The number of hydrogen-bond donors (Lipinski definition) is 1. The zero-order valence-electron chi connectivity index (χ0n) is 20.8. The largest absolute Gasteiger partial charge is 0.354 e. The van der Waals surface area contributed by atoms with Crippen LogP contribution in [0.15, 0.2) is 84.9 Å². The summed E-state index contributed by atoms with van der Waals surface area (Å²) in [4.78, 5) is 28.7. The maximum absolute atomic E-state index is 13.6. The van der Waals surface area contributed by atoms with Crippen molar-refractivity contribution in [1.82, 2.24) is 10.2 Å². The summed E-state index contributed by atoms with van der Waals surface area (Å²) >= 11 is 1.75. The van der Waals surface area contributed by atoms with Gasteiger partial charge < -0.3 is 10.2 Å². The molecule has 0 aliphatic heterocycles. The molecule has 0 saturated carbocycles. The van der Waals surface area contributed by atoms with Crippen LogP contribution in [-0.2, 0) is 28.3 Å². The first-order chi connectivity index (χ1) is 17.1. The van der Waals surface area contributed by atoms with E-state index < -0.39 is 6.04 Å². The third-order valence-corrected chi connectivity index (χ3v) is 6.86. The maximum atomic E-state index is 13.6. The average Bonchev–Trinajstić information content (AvgIpc) is 2.88. The van der Waals surface area contributed by atoms with Gasteiger partial charge >= 0.3 is 0 Å². The maximum Gasteiger partial charge on any atom is 0.243 e. The number of carbonyl (C=O) groups excluding carboxylic acids is 2. The van der Waals surface area contributed by atoms with Crippen molar-refractivity contribution in [1.29, 1.82) is 0 Å². The van der Waals surface area contributed by atoms with Crippen LogP contribution in [0.25, 0.3) is 0 Å². The Bertz CT molecular complexity index is 1060. The minimum absolute atomic E-state index is 0.0136. The predicted molar refractivity (Wildman–Crippen MR) is 146 cm³/mol. The fourth-order valence-electron chi connectivity index (χ4n) is 3.99. The molecule has 0 saturated heterocycles. The Balaban J connectivity index is 1.78. The van der Waals surface area contributed by atoms with Crippen molar-refractivity contribution in [3.8, 4) is 0 Å². The SMILES string of the molecule is CCCNC(=O)[C@H](Cc1ccccc1)N(Cc1cccc(C)c1)C(=O)CCSCc1ccccc1. The summed E-state index contributed by atoms with van der Waals surface area (Å²) in [6, 6.07) is 27.9. The Morgan fingerprint density at radius 1 is 0.886 bits per heavy atom. The van der Waals surface area contributed by atoms with E-state index in [0.717, 1.165) is 28.9 Å². The van der Waals surface area contributed by atoms with E-state index in [1.807, 2.05) is 80.6 Å². The molecule has 0 spiro atoms. The number of carbonyl (C=O) groups is 2. The van der Waals surface area contributed by atoms with Gasteiger partial charge in [-0.1, -0.05) is 97.4 Å². The first-order valence-corrected chi connectivity index (χ1v) is 13.5. The molecule has 0 radical (unpaired) electrons. The van der Waals surface area contributed by atoms with Crippen LogP contribution in [0.5, 0.6) is 0 Å². The quantitative estimate of drug-likeness (QED) is 0.310. The molecular weight excluding hydrogens is 452 g/mol.